The number of likely N-dealkylation sites (N-methyl/N-ethyl adjacent to an activating group) is 1. The van der Waals surface area contributed by atoms with Crippen LogP contribution < -0.4 is 10.6 Å². The van der Waals surface area contributed by atoms with Gasteiger partial charge in [0.05, 0.1) is 0 Å². The van der Waals surface area contributed by atoms with E-state index in [1.807, 2.05) is 44.4 Å². The molecule has 0 aliphatic rings. The fourth-order valence-corrected chi connectivity index (χ4v) is 2.04. The lowest BCUT2D eigenvalue weighted by molar-refractivity contribution is 0.0949. The van der Waals surface area contributed by atoms with Crippen molar-refractivity contribution in [1.29, 1.82) is 0 Å². The van der Waals surface area contributed by atoms with Gasteiger partial charge in [-0.2, -0.15) is 0 Å². The Morgan fingerprint density at radius 1 is 1.13 bits per heavy atom. The van der Waals surface area contributed by atoms with Crippen LogP contribution in [-0.4, -0.2) is 54.5 Å². The molecule has 0 saturated heterocycles. The highest BCUT2D eigenvalue weighted by Gasteiger charge is 2.08. The van der Waals surface area contributed by atoms with Crippen molar-refractivity contribution in [3.05, 3.63) is 54.0 Å². The van der Waals surface area contributed by atoms with Gasteiger partial charge in [-0.1, -0.05) is 30.3 Å². The summed E-state index contributed by atoms with van der Waals surface area (Å²) in [5, 5.41) is 6.06. The Hall–Kier alpha value is -2.47. The maximum atomic E-state index is 12.1. The van der Waals surface area contributed by atoms with Crippen molar-refractivity contribution in [3.8, 4) is 0 Å². The fraction of sp³-hybridized carbons (Fsp3) is 0.353. The quantitative estimate of drug-likeness (QED) is 0.771. The second-order valence-electron chi connectivity index (χ2n) is 5.51. The number of carbonyl (C=O) groups is 1. The van der Waals surface area contributed by atoms with Crippen LogP contribution in [0.3, 0.4) is 0 Å². The predicted molar refractivity (Wildman–Crippen MR) is 91.6 cm³/mol. The van der Waals surface area contributed by atoms with Crippen LogP contribution in [0.15, 0.2) is 42.7 Å². The molecule has 0 radical (unpaired) electrons. The molecule has 1 heterocycles. The molecule has 0 spiro atoms. The molecule has 0 fully saturated rings. The Morgan fingerprint density at radius 2 is 1.91 bits per heavy atom. The van der Waals surface area contributed by atoms with E-state index in [9.17, 15) is 4.79 Å². The number of aromatic nitrogens is 2. The zero-order valence-corrected chi connectivity index (χ0v) is 13.6. The minimum absolute atomic E-state index is 0.181. The number of anilines is 1. The van der Waals surface area contributed by atoms with Crippen LogP contribution in [0, 0.1) is 0 Å². The minimum Gasteiger partial charge on any atom is -0.369 e. The summed E-state index contributed by atoms with van der Waals surface area (Å²) in [4.78, 5) is 22.4. The molecule has 1 aromatic carbocycles. The molecule has 23 heavy (non-hydrogen) atoms. The van der Waals surface area contributed by atoms with Crippen LogP contribution in [0.4, 0.5) is 5.82 Å². The van der Waals surface area contributed by atoms with Gasteiger partial charge in [0.25, 0.3) is 5.91 Å². The van der Waals surface area contributed by atoms with E-state index >= 15 is 0 Å². The normalized spacial score (nSPS) is 10.6. The van der Waals surface area contributed by atoms with Crippen LogP contribution in [0.1, 0.15) is 16.1 Å². The molecule has 6 nitrogen and oxygen atoms in total. The van der Waals surface area contributed by atoms with Crippen LogP contribution in [0.25, 0.3) is 0 Å². The average molecular weight is 313 g/mol. The summed E-state index contributed by atoms with van der Waals surface area (Å²) in [5.74, 6) is 0.481. The van der Waals surface area contributed by atoms with Gasteiger partial charge in [0.1, 0.15) is 17.8 Å². The van der Waals surface area contributed by atoms with E-state index in [0.29, 0.717) is 18.1 Å². The number of carbonyl (C=O) groups excluding carboxylic acids is 1. The van der Waals surface area contributed by atoms with Gasteiger partial charge >= 0.3 is 0 Å². The topological polar surface area (TPSA) is 70.2 Å². The van der Waals surface area contributed by atoms with Gasteiger partial charge in [-0.25, -0.2) is 9.97 Å². The SMILES string of the molecule is CN(C)CCNc1cc(C(=O)NCCc2ccccc2)ncn1. The van der Waals surface area contributed by atoms with E-state index in [4.69, 9.17) is 0 Å². The maximum absolute atomic E-state index is 12.1. The number of hydrogen-bond donors (Lipinski definition) is 2. The lowest BCUT2D eigenvalue weighted by Gasteiger charge is -2.11. The number of nitrogens with one attached hydrogen (secondary N) is 2. The predicted octanol–water partition coefficient (Wildman–Crippen LogP) is 1.42. The van der Waals surface area contributed by atoms with Gasteiger partial charge in [-0.05, 0) is 26.1 Å². The number of benzene rings is 1. The lowest BCUT2D eigenvalue weighted by Crippen LogP contribution is -2.27. The third-order valence-electron chi connectivity index (χ3n) is 3.31. The highest BCUT2D eigenvalue weighted by Crippen LogP contribution is 2.04. The van der Waals surface area contributed by atoms with Crippen molar-refractivity contribution in [2.24, 2.45) is 0 Å². The van der Waals surface area contributed by atoms with Gasteiger partial charge in [0.2, 0.25) is 0 Å². The van der Waals surface area contributed by atoms with E-state index in [1.165, 1.54) is 11.9 Å². The highest BCUT2D eigenvalue weighted by atomic mass is 16.1. The summed E-state index contributed by atoms with van der Waals surface area (Å²) < 4.78 is 0. The van der Waals surface area contributed by atoms with E-state index in [2.05, 4.69) is 25.5 Å². The smallest absolute Gasteiger partial charge is 0.270 e. The molecule has 0 bridgehead atoms. The first-order valence-corrected chi connectivity index (χ1v) is 7.68. The Labute approximate surface area is 137 Å². The first kappa shape index (κ1) is 16.9. The van der Waals surface area contributed by atoms with Crippen molar-refractivity contribution < 1.29 is 4.79 Å². The molecule has 122 valence electrons. The molecule has 6 heteroatoms. The molecular weight excluding hydrogens is 290 g/mol. The Bertz CT molecular complexity index is 615. The van der Waals surface area contributed by atoms with Crippen LogP contribution in [0.2, 0.25) is 0 Å². The fourth-order valence-electron chi connectivity index (χ4n) is 2.04. The van der Waals surface area contributed by atoms with E-state index in [-0.39, 0.29) is 5.91 Å². The average Bonchev–Trinajstić information content (AvgIpc) is 2.56. The number of amides is 1. The first-order valence-electron chi connectivity index (χ1n) is 7.68. The number of hydrogen-bond acceptors (Lipinski definition) is 5. The van der Waals surface area contributed by atoms with Crippen molar-refractivity contribution in [3.63, 3.8) is 0 Å². The molecular formula is C17H23N5O. The van der Waals surface area contributed by atoms with E-state index in [0.717, 1.165) is 19.5 Å². The second kappa shape index (κ2) is 8.85. The molecule has 2 rings (SSSR count). The minimum atomic E-state index is -0.181. The standard InChI is InChI=1S/C17H23N5O/c1-22(2)11-10-18-16-12-15(20-13-21-16)17(23)19-9-8-14-6-4-3-5-7-14/h3-7,12-13H,8-11H2,1-2H3,(H,19,23)(H,18,20,21). The highest BCUT2D eigenvalue weighted by molar-refractivity contribution is 5.92. The largest absolute Gasteiger partial charge is 0.369 e. The van der Waals surface area contributed by atoms with Crippen LogP contribution in [0.5, 0.6) is 0 Å². The number of nitrogens with zero attached hydrogens (tertiary/aromatic N) is 3. The summed E-state index contributed by atoms with van der Waals surface area (Å²) in [5.41, 5.74) is 1.57. The summed E-state index contributed by atoms with van der Waals surface area (Å²) in [6.07, 6.45) is 2.20. The van der Waals surface area contributed by atoms with Crippen LogP contribution in [-0.2, 0) is 6.42 Å². The second-order valence-corrected chi connectivity index (χ2v) is 5.51. The van der Waals surface area contributed by atoms with Crippen LogP contribution >= 0.6 is 0 Å². The lowest BCUT2D eigenvalue weighted by atomic mass is 10.1. The molecule has 2 N–H and O–H groups in total. The molecule has 0 aliphatic heterocycles. The molecule has 0 unspecified atom stereocenters. The van der Waals surface area contributed by atoms with Gasteiger partial charge < -0.3 is 15.5 Å². The van der Waals surface area contributed by atoms with Crippen molar-refractivity contribution >= 4 is 11.7 Å². The van der Waals surface area contributed by atoms with Crippen molar-refractivity contribution in [2.45, 2.75) is 6.42 Å². The molecule has 2 aromatic rings. The molecule has 1 amide bonds. The first-order chi connectivity index (χ1) is 11.1. The Balaban J connectivity index is 1.82. The Morgan fingerprint density at radius 3 is 2.65 bits per heavy atom. The zero-order valence-electron chi connectivity index (χ0n) is 13.6. The molecule has 1 aromatic heterocycles. The molecule has 0 aliphatic carbocycles. The zero-order chi connectivity index (χ0) is 16.5. The summed E-state index contributed by atoms with van der Waals surface area (Å²) >= 11 is 0. The molecule has 0 atom stereocenters. The maximum Gasteiger partial charge on any atom is 0.270 e. The monoisotopic (exact) mass is 313 g/mol. The van der Waals surface area contributed by atoms with Gasteiger partial charge in [0.15, 0.2) is 0 Å². The van der Waals surface area contributed by atoms with Gasteiger partial charge in [-0.3, -0.25) is 4.79 Å². The third kappa shape index (κ3) is 6.04. The van der Waals surface area contributed by atoms with E-state index < -0.39 is 0 Å². The van der Waals surface area contributed by atoms with E-state index in [1.54, 1.807) is 6.07 Å². The van der Waals surface area contributed by atoms with Gasteiger partial charge in [0, 0.05) is 25.7 Å². The van der Waals surface area contributed by atoms with Crippen molar-refractivity contribution in [1.82, 2.24) is 20.2 Å². The number of rotatable bonds is 8. The summed E-state index contributed by atoms with van der Waals surface area (Å²) in [6.45, 7) is 2.23. The third-order valence-corrected chi connectivity index (χ3v) is 3.31. The van der Waals surface area contributed by atoms with Crippen molar-refractivity contribution in [2.75, 3.05) is 39.0 Å². The summed E-state index contributed by atoms with van der Waals surface area (Å²) in [7, 11) is 4.01. The van der Waals surface area contributed by atoms with Gasteiger partial charge in [-0.15, -0.1) is 0 Å². The summed E-state index contributed by atoms with van der Waals surface area (Å²) in [6, 6.07) is 11.7. The molecule has 0 saturated carbocycles. The Kier molecular flexibility index (Phi) is 6.50.